The highest BCUT2D eigenvalue weighted by molar-refractivity contribution is 5.81. The summed E-state index contributed by atoms with van der Waals surface area (Å²) in [6, 6.07) is 0.0124. The monoisotopic (exact) mass is 255 g/mol. The van der Waals surface area contributed by atoms with Gasteiger partial charge >= 0.3 is 0 Å². The highest BCUT2D eigenvalue weighted by Crippen LogP contribution is 2.24. The van der Waals surface area contributed by atoms with Crippen LogP contribution < -0.4 is 10.6 Å². The normalized spacial score (nSPS) is 34.9. The second-order valence-corrected chi connectivity index (χ2v) is 5.34. The van der Waals surface area contributed by atoms with E-state index in [2.05, 4.69) is 15.5 Å². The summed E-state index contributed by atoms with van der Waals surface area (Å²) in [5, 5.41) is 16.3. The third kappa shape index (κ3) is 3.02. The predicted molar refractivity (Wildman–Crippen MR) is 70.3 cm³/mol. The largest absolute Gasteiger partial charge is 0.391 e. The number of nitrogens with one attached hydrogen (secondary N) is 2. The summed E-state index contributed by atoms with van der Waals surface area (Å²) in [5.74, 6) is 0.0543. The Balaban J connectivity index is 2.08. The van der Waals surface area contributed by atoms with Crippen molar-refractivity contribution >= 4 is 5.91 Å². The van der Waals surface area contributed by atoms with Crippen LogP contribution in [0.2, 0.25) is 0 Å². The minimum atomic E-state index is -0.280. The molecule has 1 aliphatic carbocycles. The van der Waals surface area contributed by atoms with Crippen molar-refractivity contribution in [1.29, 1.82) is 0 Å². The van der Waals surface area contributed by atoms with Crippen LogP contribution in [0.15, 0.2) is 0 Å². The predicted octanol–water partition coefficient (Wildman–Crippen LogP) is -0.300. The number of rotatable bonds is 2. The van der Waals surface area contributed by atoms with E-state index in [4.69, 9.17) is 0 Å². The SMILES string of the molecule is CNC(=O)C1CNCCN1C1CCCCCC1O. The quantitative estimate of drug-likeness (QED) is 0.593. The van der Waals surface area contributed by atoms with E-state index in [1.165, 1.54) is 6.42 Å². The average molecular weight is 255 g/mol. The number of aliphatic hydroxyl groups excluding tert-OH is 1. The number of piperazine rings is 1. The summed E-state index contributed by atoms with van der Waals surface area (Å²) >= 11 is 0. The van der Waals surface area contributed by atoms with Gasteiger partial charge in [-0.3, -0.25) is 9.69 Å². The Kier molecular flexibility index (Phi) is 4.97. The zero-order valence-electron chi connectivity index (χ0n) is 11.2. The molecule has 104 valence electrons. The molecule has 0 spiro atoms. The van der Waals surface area contributed by atoms with Crippen LogP contribution in [-0.2, 0) is 4.79 Å². The highest BCUT2D eigenvalue weighted by atomic mass is 16.3. The number of aliphatic hydroxyl groups is 1. The molecule has 1 aliphatic heterocycles. The van der Waals surface area contributed by atoms with Gasteiger partial charge in [0.05, 0.1) is 6.10 Å². The van der Waals surface area contributed by atoms with Crippen LogP contribution in [0.4, 0.5) is 0 Å². The van der Waals surface area contributed by atoms with Crippen LogP contribution in [0.25, 0.3) is 0 Å². The average Bonchev–Trinajstić information content (AvgIpc) is 2.62. The van der Waals surface area contributed by atoms with Gasteiger partial charge in [0.2, 0.25) is 5.91 Å². The second-order valence-electron chi connectivity index (χ2n) is 5.34. The molecule has 1 amide bonds. The molecule has 5 heteroatoms. The van der Waals surface area contributed by atoms with Gasteiger partial charge in [0.15, 0.2) is 0 Å². The van der Waals surface area contributed by atoms with Gasteiger partial charge < -0.3 is 15.7 Å². The van der Waals surface area contributed by atoms with Crippen LogP contribution >= 0.6 is 0 Å². The van der Waals surface area contributed by atoms with Gasteiger partial charge in [0.25, 0.3) is 0 Å². The molecule has 3 unspecified atom stereocenters. The fourth-order valence-corrected chi connectivity index (χ4v) is 3.18. The number of nitrogens with zero attached hydrogens (tertiary/aromatic N) is 1. The van der Waals surface area contributed by atoms with Crippen molar-refractivity contribution in [2.45, 2.75) is 50.3 Å². The number of hydrogen-bond donors (Lipinski definition) is 3. The lowest BCUT2D eigenvalue weighted by molar-refractivity contribution is -0.129. The summed E-state index contributed by atoms with van der Waals surface area (Å²) in [7, 11) is 1.68. The first-order chi connectivity index (χ1) is 8.74. The van der Waals surface area contributed by atoms with Crippen LogP contribution in [0, 0.1) is 0 Å². The highest BCUT2D eigenvalue weighted by Gasteiger charge is 2.36. The van der Waals surface area contributed by atoms with Crippen molar-refractivity contribution in [1.82, 2.24) is 15.5 Å². The lowest BCUT2D eigenvalue weighted by Crippen LogP contribution is -2.62. The topological polar surface area (TPSA) is 64.6 Å². The van der Waals surface area contributed by atoms with E-state index < -0.39 is 0 Å². The van der Waals surface area contributed by atoms with E-state index in [0.29, 0.717) is 6.54 Å². The van der Waals surface area contributed by atoms with Gasteiger partial charge in [-0.2, -0.15) is 0 Å². The van der Waals surface area contributed by atoms with Crippen molar-refractivity contribution < 1.29 is 9.90 Å². The van der Waals surface area contributed by atoms with Gasteiger partial charge in [-0.15, -0.1) is 0 Å². The standard InChI is InChI=1S/C13H25N3O2/c1-14-13(18)11-9-15-7-8-16(11)10-5-3-2-4-6-12(10)17/h10-12,15,17H,2-9H2,1H3,(H,14,18). The van der Waals surface area contributed by atoms with Crippen LogP contribution in [0.5, 0.6) is 0 Å². The lowest BCUT2D eigenvalue weighted by Gasteiger charge is -2.41. The maximum Gasteiger partial charge on any atom is 0.238 e. The zero-order valence-corrected chi connectivity index (χ0v) is 11.2. The molecule has 0 bridgehead atoms. The summed E-state index contributed by atoms with van der Waals surface area (Å²) in [4.78, 5) is 14.2. The molecule has 18 heavy (non-hydrogen) atoms. The summed E-state index contributed by atoms with van der Waals surface area (Å²) < 4.78 is 0. The number of amides is 1. The summed E-state index contributed by atoms with van der Waals surface area (Å²) in [5.41, 5.74) is 0. The minimum absolute atomic E-state index is 0.0543. The first kappa shape index (κ1) is 13.8. The fraction of sp³-hybridized carbons (Fsp3) is 0.923. The number of carbonyl (C=O) groups is 1. The molecule has 3 N–H and O–H groups in total. The van der Waals surface area contributed by atoms with Gasteiger partial charge in [-0.05, 0) is 12.8 Å². The van der Waals surface area contributed by atoms with Gasteiger partial charge in [-0.1, -0.05) is 19.3 Å². The molecule has 2 aliphatic rings. The number of carbonyl (C=O) groups excluding carboxylic acids is 1. The van der Waals surface area contributed by atoms with Gasteiger partial charge in [0, 0.05) is 32.7 Å². The smallest absolute Gasteiger partial charge is 0.238 e. The Hall–Kier alpha value is -0.650. The van der Waals surface area contributed by atoms with Crippen molar-refractivity contribution in [2.24, 2.45) is 0 Å². The first-order valence-corrected chi connectivity index (χ1v) is 7.10. The Morgan fingerprint density at radius 3 is 2.89 bits per heavy atom. The van der Waals surface area contributed by atoms with Crippen LogP contribution in [0.3, 0.4) is 0 Å². The molecule has 3 atom stereocenters. The maximum absolute atomic E-state index is 11.9. The zero-order chi connectivity index (χ0) is 13.0. The number of likely N-dealkylation sites (N-methyl/N-ethyl adjacent to an activating group) is 1. The molecular formula is C13H25N3O2. The van der Waals surface area contributed by atoms with E-state index in [1.54, 1.807) is 7.05 Å². The van der Waals surface area contributed by atoms with E-state index >= 15 is 0 Å². The van der Waals surface area contributed by atoms with Crippen LogP contribution in [-0.4, -0.2) is 60.8 Å². The third-order valence-corrected chi connectivity index (χ3v) is 4.20. The Morgan fingerprint density at radius 2 is 2.11 bits per heavy atom. The van der Waals surface area contributed by atoms with Crippen molar-refractivity contribution in [2.75, 3.05) is 26.7 Å². The van der Waals surface area contributed by atoms with E-state index in [0.717, 1.165) is 38.8 Å². The molecule has 0 aromatic rings. The van der Waals surface area contributed by atoms with Gasteiger partial charge in [0.1, 0.15) is 6.04 Å². The Labute approximate surface area is 109 Å². The van der Waals surface area contributed by atoms with Crippen LogP contribution in [0.1, 0.15) is 32.1 Å². The van der Waals surface area contributed by atoms with E-state index in [1.807, 2.05) is 0 Å². The van der Waals surface area contributed by atoms with Gasteiger partial charge in [-0.25, -0.2) is 0 Å². The van der Waals surface area contributed by atoms with Crippen molar-refractivity contribution in [3.8, 4) is 0 Å². The van der Waals surface area contributed by atoms with Crippen molar-refractivity contribution in [3.05, 3.63) is 0 Å². The molecule has 2 rings (SSSR count). The molecule has 0 radical (unpaired) electrons. The number of hydrogen-bond acceptors (Lipinski definition) is 4. The molecular weight excluding hydrogens is 230 g/mol. The van der Waals surface area contributed by atoms with Crippen molar-refractivity contribution in [3.63, 3.8) is 0 Å². The van der Waals surface area contributed by atoms with E-state index in [-0.39, 0.29) is 24.1 Å². The Morgan fingerprint density at radius 1 is 1.33 bits per heavy atom. The summed E-state index contributed by atoms with van der Waals surface area (Å²) in [6.07, 6.45) is 5.06. The maximum atomic E-state index is 11.9. The minimum Gasteiger partial charge on any atom is -0.391 e. The first-order valence-electron chi connectivity index (χ1n) is 7.10. The molecule has 1 saturated carbocycles. The molecule has 2 fully saturated rings. The molecule has 5 nitrogen and oxygen atoms in total. The lowest BCUT2D eigenvalue weighted by atomic mass is 10.00. The molecule has 0 aromatic carbocycles. The fourth-order valence-electron chi connectivity index (χ4n) is 3.18. The molecule has 1 heterocycles. The Bertz CT molecular complexity index is 285. The third-order valence-electron chi connectivity index (χ3n) is 4.20. The molecule has 0 aromatic heterocycles. The second kappa shape index (κ2) is 6.50. The van der Waals surface area contributed by atoms with E-state index in [9.17, 15) is 9.90 Å². The summed E-state index contributed by atoms with van der Waals surface area (Å²) in [6.45, 7) is 2.43. The molecule has 1 saturated heterocycles.